The van der Waals surface area contributed by atoms with Gasteiger partial charge < -0.3 is 9.64 Å². The van der Waals surface area contributed by atoms with Crippen LogP contribution in [0.15, 0.2) is 47.5 Å². The van der Waals surface area contributed by atoms with Gasteiger partial charge in [-0.25, -0.2) is 4.98 Å². The summed E-state index contributed by atoms with van der Waals surface area (Å²) in [5.41, 5.74) is 1.74. The lowest BCUT2D eigenvalue weighted by Crippen LogP contribution is -2.31. The summed E-state index contributed by atoms with van der Waals surface area (Å²) in [5.74, 6) is 1.56. The summed E-state index contributed by atoms with van der Waals surface area (Å²) in [4.78, 5) is 23.5. The monoisotopic (exact) mass is 336 g/mol. The third kappa shape index (κ3) is 2.84. The van der Waals surface area contributed by atoms with Crippen molar-refractivity contribution in [3.63, 3.8) is 0 Å². The minimum atomic E-state index is -0.0186. The van der Waals surface area contributed by atoms with E-state index >= 15 is 0 Å². The highest BCUT2D eigenvalue weighted by Crippen LogP contribution is 2.24. The van der Waals surface area contributed by atoms with Crippen molar-refractivity contribution < 1.29 is 4.74 Å². The predicted octanol–water partition coefficient (Wildman–Crippen LogP) is 2.29. The van der Waals surface area contributed by atoms with E-state index in [0.717, 1.165) is 29.8 Å². The molecule has 6 heteroatoms. The van der Waals surface area contributed by atoms with Gasteiger partial charge in [-0.2, -0.15) is 0 Å². The largest absolute Gasteiger partial charge is 0.488 e. The van der Waals surface area contributed by atoms with Crippen LogP contribution >= 0.6 is 0 Å². The quantitative estimate of drug-likeness (QED) is 0.734. The van der Waals surface area contributed by atoms with Gasteiger partial charge in [0.05, 0.1) is 17.4 Å². The van der Waals surface area contributed by atoms with Crippen LogP contribution in [-0.2, 0) is 7.05 Å². The number of pyridine rings is 1. The fraction of sp³-hybridized carbons (Fsp3) is 0.316. The van der Waals surface area contributed by atoms with E-state index in [2.05, 4.69) is 9.88 Å². The molecule has 1 aromatic carbocycles. The van der Waals surface area contributed by atoms with E-state index in [0.29, 0.717) is 17.9 Å². The fourth-order valence-corrected chi connectivity index (χ4v) is 3.27. The van der Waals surface area contributed by atoms with Gasteiger partial charge in [0.1, 0.15) is 11.9 Å². The van der Waals surface area contributed by atoms with Crippen molar-refractivity contribution >= 4 is 16.9 Å². The molecule has 0 bridgehead atoms. The van der Waals surface area contributed by atoms with E-state index in [1.165, 1.54) is 0 Å². The number of aryl methyl sites for hydroxylation is 1. The smallest absolute Gasteiger partial charge is 0.262 e. The maximum atomic E-state index is 12.6. The second-order valence-electron chi connectivity index (χ2n) is 6.41. The van der Waals surface area contributed by atoms with Crippen molar-refractivity contribution in [3.05, 3.63) is 58.6 Å². The average Bonchev–Trinajstić information content (AvgIpc) is 3.08. The van der Waals surface area contributed by atoms with Crippen molar-refractivity contribution in [2.24, 2.45) is 7.05 Å². The number of ether oxygens (including phenoxy) is 1. The Morgan fingerprint density at radius 2 is 2.08 bits per heavy atom. The third-order valence-corrected chi connectivity index (χ3v) is 4.65. The molecule has 128 valence electrons. The van der Waals surface area contributed by atoms with Crippen LogP contribution < -0.4 is 15.2 Å². The first-order chi connectivity index (χ1) is 12.1. The van der Waals surface area contributed by atoms with Crippen LogP contribution in [0.3, 0.4) is 0 Å². The summed E-state index contributed by atoms with van der Waals surface area (Å²) in [6, 6.07) is 9.35. The molecular formula is C19H20N4O2. The number of anilines is 1. The van der Waals surface area contributed by atoms with Gasteiger partial charge >= 0.3 is 0 Å². The summed E-state index contributed by atoms with van der Waals surface area (Å²) in [6.07, 6.45) is 4.51. The summed E-state index contributed by atoms with van der Waals surface area (Å²) in [6.45, 7) is 3.51. The van der Waals surface area contributed by atoms with Gasteiger partial charge in [0.15, 0.2) is 0 Å². The maximum Gasteiger partial charge on any atom is 0.262 e. The van der Waals surface area contributed by atoms with E-state index in [-0.39, 0.29) is 11.7 Å². The molecule has 0 radical (unpaired) electrons. The Morgan fingerprint density at radius 3 is 2.92 bits per heavy atom. The Kier molecular flexibility index (Phi) is 3.87. The highest BCUT2D eigenvalue weighted by atomic mass is 16.5. The Morgan fingerprint density at radius 1 is 1.24 bits per heavy atom. The molecule has 0 N–H and O–H groups in total. The third-order valence-electron chi connectivity index (χ3n) is 4.65. The Labute approximate surface area is 145 Å². The number of nitrogens with zero attached hydrogens (tertiary/aromatic N) is 4. The lowest BCUT2D eigenvalue weighted by molar-refractivity contribution is 0.223. The molecular weight excluding hydrogens is 316 g/mol. The molecule has 1 aliphatic rings. The summed E-state index contributed by atoms with van der Waals surface area (Å²) in [5, 5.41) is 0.646. The van der Waals surface area contributed by atoms with Crippen LogP contribution in [0.4, 0.5) is 5.95 Å². The number of fused-ring (bicyclic) bond motifs is 1. The molecule has 0 amide bonds. The normalized spacial score (nSPS) is 17.2. The zero-order valence-corrected chi connectivity index (χ0v) is 14.3. The molecule has 1 aliphatic heterocycles. The van der Waals surface area contributed by atoms with Crippen molar-refractivity contribution in [1.29, 1.82) is 0 Å². The average molecular weight is 336 g/mol. The van der Waals surface area contributed by atoms with Crippen molar-refractivity contribution in [1.82, 2.24) is 14.5 Å². The lowest BCUT2D eigenvalue weighted by Gasteiger charge is -2.21. The fourth-order valence-electron chi connectivity index (χ4n) is 3.27. The molecule has 3 aromatic rings. The SMILES string of the molecule is Cc1cnccc1OC1CCN(c2nc3ccccc3c(=O)n2C)C1. The zero-order chi connectivity index (χ0) is 17.4. The molecule has 1 unspecified atom stereocenters. The van der Waals surface area contributed by atoms with Gasteiger partial charge in [0.2, 0.25) is 5.95 Å². The topological polar surface area (TPSA) is 60.2 Å². The second-order valence-corrected chi connectivity index (χ2v) is 6.41. The van der Waals surface area contributed by atoms with E-state index < -0.39 is 0 Å². The van der Waals surface area contributed by atoms with Gasteiger partial charge in [-0.3, -0.25) is 14.3 Å². The van der Waals surface area contributed by atoms with Crippen LogP contribution in [0.1, 0.15) is 12.0 Å². The second kappa shape index (κ2) is 6.20. The Bertz CT molecular complexity index is 983. The molecule has 2 aromatic heterocycles. The van der Waals surface area contributed by atoms with Crippen molar-refractivity contribution in [2.45, 2.75) is 19.4 Å². The molecule has 4 rings (SSSR count). The van der Waals surface area contributed by atoms with E-state index in [1.807, 2.05) is 37.3 Å². The van der Waals surface area contributed by atoms with Crippen molar-refractivity contribution in [3.8, 4) is 5.75 Å². The summed E-state index contributed by atoms with van der Waals surface area (Å²) in [7, 11) is 1.78. The predicted molar refractivity (Wildman–Crippen MR) is 97.2 cm³/mol. The van der Waals surface area contributed by atoms with Gasteiger partial charge in [0, 0.05) is 38.0 Å². The zero-order valence-electron chi connectivity index (χ0n) is 14.3. The number of rotatable bonds is 3. The first kappa shape index (κ1) is 15.6. The minimum absolute atomic E-state index is 0.0186. The van der Waals surface area contributed by atoms with E-state index in [1.54, 1.807) is 24.0 Å². The lowest BCUT2D eigenvalue weighted by atomic mass is 10.2. The van der Waals surface area contributed by atoms with Crippen LogP contribution in [-0.4, -0.2) is 33.7 Å². The number of hydrogen-bond donors (Lipinski definition) is 0. The first-order valence-electron chi connectivity index (χ1n) is 8.41. The highest BCUT2D eigenvalue weighted by molar-refractivity contribution is 5.78. The molecule has 1 atom stereocenters. The molecule has 25 heavy (non-hydrogen) atoms. The molecule has 3 heterocycles. The van der Waals surface area contributed by atoms with E-state index in [9.17, 15) is 4.79 Å². The van der Waals surface area contributed by atoms with E-state index in [4.69, 9.17) is 9.72 Å². The summed E-state index contributed by atoms with van der Waals surface area (Å²) >= 11 is 0. The van der Waals surface area contributed by atoms with Gasteiger partial charge in [-0.15, -0.1) is 0 Å². The maximum absolute atomic E-state index is 12.6. The Hall–Kier alpha value is -2.89. The standard InChI is InChI=1S/C19H20N4O2/c1-13-11-20-9-7-17(13)25-14-8-10-23(12-14)19-21-16-6-4-3-5-15(16)18(24)22(19)2/h3-7,9,11,14H,8,10,12H2,1-2H3. The number of para-hydroxylation sites is 1. The van der Waals surface area contributed by atoms with Crippen LogP contribution in [0.2, 0.25) is 0 Å². The first-order valence-corrected chi connectivity index (χ1v) is 8.41. The van der Waals surface area contributed by atoms with Gasteiger partial charge in [-0.1, -0.05) is 12.1 Å². The van der Waals surface area contributed by atoms with Crippen LogP contribution in [0.25, 0.3) is 10.9 Å². The van der Waals surface area contributed by atoms with Crippen LogP contribution in [0, 0.1) is 6.92 Å². The molecule has 1 saturated heterocycles. The summed E-state index contributed by atoms with van der Waals surface area (Å²) < 4.78 is 7.75. The molecule has 1 fully saturated rings. The molecule has 0 aliphatic carbocycles. The number of benzene rings is 1. The molecule has 6 nitrogen and oxygen atoms in total. The van der Waals surface area contributed by atoms with Gasteiger partial charge in [-0.05, 0) is 25.1 Å². The Balaban J connectivity index is 1.60. The van der Waals surface area contributed by atoms with Gasteiger partial charge in [0.25, 0.3) is 5.56 Å². The highest BCUT2D eigenvalue weighted by Gasteiger charge is 2.27. The van der Waals surface area contributed by atoms with Crippen molar-refractivity contribution in [2.75, 3.05) is 18.0 Å². The van der Waals surface area contributed by atoms with Crippen LogP contribution in [0.5, 0.6) is 5.75 Å². The number of aromatic nitrogens is 3. The molecule has 0 spiro atoms. The number of hydrogen-bond acceptors (Lipinski definition) is 5. The molecule has 0 saturated carbocycles. The minimum Gasteiger partial charge on any atom is -0.488 e.